The van der Waals surface area contributed by atoms with E-state index in [2.05, 4.69) is 9.88 Å². The van der Waals surface area contributed by atoms with Crippen LogP contribution < -0.4 is 4.74 Å². The molecule has 1 amide bonds. The number of pyridine rings is 1. The van der Waals surface area contributed by atoms with Crippen LogP contribution in [0.15, 0.2) is 28.8 Å². The first-order valence-corrected chi connectivity index (χ1v) is 8.55. The van der Waals surface area contributed by atoms with Crippen molar-refractivity contribution in [2.75, 3.05) is 27.2 Å². The van der Waals surface area contributed by atoms with Gasteiger partial charge in [-0.15, -0.1) is 0 Å². The molecule has 0 bridgehead atoms. The smallest absolute Gasteiger partial charge is 0.289 e. The van der Waals surface area contributed by atoms with E-state index in [4.69, 9.17) is 9.15 Å². The topological polar surface area (TPSA) is 58.8 Å². The predicted molar refractivity (Wildman–Crippen MR) is 94.7 cm³/mol. The lowest BCUT2D eigenvalue weighted by Crippen LogP contribution is -2.31. The lowest BCUT2D eigenvalue weighted by Gasteiger charge is -2.17. The maximum atomic E-state index is 12.6. The minimum atomic E-state index is -0.0558. The molecule has 0 N–H and O–H groups in total. The highest BCUT2D eigenvalue weighted by atomic mass is 16.5. The minimum absolute atomic E-state index is 0.00470. The number of nitrogens with zero attached hydrogens (tertiary/aromatic N) is 3. The van der Waals surface area contributed by atoms with E-state index in [0.29, 0.717) is 18.8 Å². The van der Waals surface area contributed by atoms with Gasteiger partial charge in [0.1, 0.15) is 17.6 Å². The monoisotopic (exact) mass is 343 g/mol. The molecule has 2 aromatic rings. The van der Waals surface area contributed by atoms with E-state index in [1.54, 1.807) is 11.1 Å². The zero-order chi connectivity index (χ0) is 18.0. The van der Waals surface area contributed by atoms with Gasteiger partial charge < -0.3 is 19.0 Å². The largest absolute Gasteiger partial charge is 0.488 e. The second kappa shape index (κ2) is 7.27. The lowest BCUT2D eigenvalue weighted by molar-refractivity contribution is 0.0738. The molecule has 1 atom stereocenters. The number of carbonyl (C=O) groups excluding carboxylic acids is 1. The molecule has 1 aliphatic rings. The Morgan fingerprint density at radius 2 is 2.20 bits per heavy atom. The fourth-order valence-electron chi connectivity index (χ4n) is 3.14. The summed E-state index contributed by atoms with van der Waals surface area (Å²) in [6.07, 6.45) is 2.58. The first-order chi connectivity index (χ1) is 11.9. The summed E-state index contributed by atoms with van der Waals surface area (Å²) in [6, 6.07) is 5.72. The summed E-state index contributed by atoms with van der Waals surface area (Å²) < 4.78 is 11.6. The predicted octanol–water partition coefficient (Wildman–Crippen LogP) is 2.65. The van der Waals surface area contributed by atoms with Crippen molar-refractivity contribution >= 4 is 5.91 Å². The summed E-state index contributed by atoms with van der Waals surface area (Å²) in [6.45, 7) is 5.77. The van der Waals surface area contributed by atoms with Gasteiger partial charge in [0.2, 0.25) is 0 Å². The first kappa shape index (κ1) is 17.5. The molecule has 6 heteroatoms. The summed E-state index contributed by atoms with van der Waals surface area (Å²) in [5, 5.41) is 0. The molecule has 134 valence electrons. The third-order valence-electron chi connectivity index (χ3n) is 4.24. The van der Waals surface area contributed by atoms with Crippen LogP contribution >= 0.6 is 0 Å². The van der Waals surface area contributed by atoms with Gasteiger partial charge >= 0.3 is 0 Å². The molecule has 0 radical (unpaired) electrons. The summed E-state index contributed by atoms with van der Waals surface area (Å²) in [4.78, 5) is 20.8. The minimum Gasteiger partial charge on any atom is -0.488 e. The van der Waals surface area contributed by atoms with Crippen LogP contribution in [0.4, 0.5) is 0 Å². The molecular formula is C19H25N3O3. The number of furan rings is 1. The first-order valence-electron chi connectivity index (χ1n) is 8.55. The average Bonchev–Trinajstić information content (AvgIpc) is 3.12. The molecule has 1 fully saturated rings. The molecule has 3 rings (SSSR count). The summed E-state index contributed by atoms with van der Waals surface area (Å²) in [5.74, 6) is 1.95. The number of aryl methyl sites for hydroxylation is 2. The van der Waals surface area contributed by atoms with Crippen molar-refractivity contribution in [3.8, 4) is 5.75 Å². The van der Waals surface area contributed by atoms with Crippen molar-refractivity contribution in [3.63, 3.8) is 0 Å². The Hall–Kier alpha value is -2.34. The second-order valence-corrected chi connectivity index (χ2v) is 6.87. The zero-order valence-electron chi connectivity index (χ0n) is 15.3. The Bertz CT molecular complexity index is 754. The number of ether oxygens (including phenoxy) is 1. The number of carbonyl (C=O) groups is 1. The van der Waals surface area contributed by atoms with E-state index in [1.165, 1.54) is 0 Å². The average molecular weight is 343 g/mol. The van der Waals surface area contributed by atoms with Gasteiger partial charge in [0.15, 0.2) is 5.76 Å². The molecule has 1 aliphatic heterocycles. The molecule has 0 spiro atoms. The van der Waals surface area contributed by atoms with E-state index >= 15 is 0 Å². The maximum Gasteiger partial charge on any atom is 0.289 e. The molecular weight excluding hydrogens is 318 g/mol. The van der Waals surface area contributed by atoms with Gasteiger partial charge in [-0.25, -0.2) is 0 Å². The normalized spacial score (nSPS) is 17.3. The fourth-order valence-corrected chi connectivity index (χ4v) is 3.14. The van der Waals surface area contributed by atoms with Gasteiger partial charge in [0, 0.05) is 37.3 Å². The number of amides is 1. The Balaban J connectivity index is 1.61. The fraction of sp³-hybridized carbons (Fsp3) is 0.474. The van der Waals surface area contributed by atoms with Crippen LogP contribution in [0.2, 0.25) is 0 Å². The van der Waals surface area contributed by atoms with Crippen LogP contribution in [-0.4, -0.2) is 54.0 Å². The summed E-state index contributed by atoms with van der Waals surface area (Å²) in [7, 11) is 4.02. The molecule has 0 aliphatic carbocycles. The third-order valence-corrected chi connectivity index (χ3v) is 4.24. The number of hydrogen-bond acceptors (Lipinski definition) is 5. The van der Waals surface area contributed by atoms with Crippen LogP contribution in [0.25, 0.3) is 0 Å². The molecule has 1 unspecified atom stereocenters. The van der Waals surface area contributed by atoms with E-state index in [9.17, 15) is 4.79 Å². The van der Waals surface area contributed by atoms with E-state index in [-0.39, 0.29) is 12.0 Å². The molecule has 0 aromatic carbocycles. The Morgan fingerprint density at radius 1 is 1.40 bits per heavy atom. The van der Waals surface area contributed by atoms with Crippen molar-refractivity contribution in [2.45, 2.75) is 32.9 Å². The van der Waals surface area contributed by atoms with Crippen LogP contribution in [0.3, 0.4) is 0 Å². The number of rotatable bonds is 5. The molecule has 1 saturated heterocycles. The second-order valence-electron chi connectivity index (χ2n) is 6.87. The summed E-state index contributed by atoms with van der Waals surface area (Å²) in [5.41, 5.74) is 1.85. The van der Waals surface area contributed by atoms with Crippen molar-refractivity contribution in [1.29, 1.82) is 0 Å². The Kier molecular flexibility index (Phi) is 5.08. The third kappa shape index (κ3) is 4.20. The number of aromatic nitrogens is 1. The number of hydrogen-bond donors (Lipinski definition) is 0. The van der Waals surface area contributed by atoms with Crippen LogP contribution in [0, 0.1) is 13.8 Å². The zero-order valence-corrected chi connectivity index (χ0v) is 15.3. The van der Waals surface area contributed by atoms with E-state index < -0.39 is 0 Å². The van der Waals surface area contributed by atoms with Crippen molar-refractivity contribution < 1.29 is 13.9 Å². The highest BCUT2D eigenvalue weighted by Gasteiger charge is 2.30. The Labute approximate surface area is 148 Å². The molecule has 0 saturated carbocycles. The molecule has 25 heavy (non-hydrogen) atoms. The van der Waals surface area contributed by atoms with Crippen molar-refractivity contribution in [2.24, 2.45) is 0 Å². The van der Waals surface area contributed by atoms with E-state index in [0.717, 1.165) is 35.7 Å². The maximum absolute atomic E-state index is 12.6. The van der Waals surface area contributed by atoms with Crippen LogP contribution in [-0.2, 0) is 6.54 Å². The lowest BCUT2D eigenvalue weighted by atomic mass is 10.2. The van der Waals surface area contributed by atoms with Crippen molar-refractivity contribution in [3.05, 3.63) is 47.2 Å². The molecule has 2 aromatic heterocycles. The van der Waals surface area contributed by atoms with E-state index in [1.807, 2.05) is 46.1 Å². The standard InChI is InChI=1S/C19H25N3O3/c1-13-9-14(2)24-18(13)19(23)22-8-6-17(12-22)25-16-5-7-20-15(10-16)11-21(3)4/h5,7,9-10,17H,6,8,11-12H2,1-4H3. The van der Waals surface area contributed by atoms with Gasteiger partial charge in [-0.2, -0.15) is 0 Å². The molecule has 3 heterocycles. The van der Waals surface area contributed by atoms with Gasteiger partial charge in [-0.3, -0.25) is 9.78 Å². The number of likely N-dealkylation sites (tertiary alicyclic amines) is 1. The Morgan fingerprint density at radius 3 is 2.88 bits per heavy atom. The SMILES string of the molecule is Cc1cc(C)c(C(=O)N2CCC(Oc3ccnc(CN(C)C)c3)C2)o1. The summed E-state index contributed by atoms with van der Waals surface area (Å²) >= 11 is 0. The van der Waals surface area contributed by atoms with Gasteiger partial charge in [0.05, 0.1) is 12.2 Å². The quantitative estimate of drug-likeness (QED) is 0.835. The van der Waals surface area contributed by atoms with Gasteiger partial charge in [-0.05, 0) is 40.1 Å². The van der Waals surface area contributed by atoms with Crippen LogP contribution in [0.5, 0.6) is 5.75 Å². The highest BCUT2D eigenvalue weighted by Crippen LogP contribution is 2.22. The molecule has 6 nitrogen and oxygen atoms in total. The van der Waals surface area contributed by atoms with Crippen molar-refractivity contribution in [1.82, 2.24) is 14.8 Å². The van der Waals surface area contributed by atoms with Crippen LogP contribution in [0.1, 0.15) is 34.0 Å². The van der Waals surface area contributed by atoms with Gasteiger partial charge in [0.25, 0.3) is 5.91 Å². The highest BCUT2D eigenvalue weighted by molar-refractivity contribution is 5.93. The van der Waals surface area contributed by atoms with Gasteiger partial charge in [-0.1, -0.05) is 0 Å².